The summed E-state index contributed by atoms with van der Waals surface area (Å²) in [6, 6.07) is 15.1. The summed E-state index contributed by atoms with van der Waals surface area (Å²) >= 11 is 7.36. The van der Waals surface area contributed by atoms with Gasteiger partial charge in [0.25, 0.3) is 5.56 Å². The molecule has 2 bridgehead atoms. The second-order valence-electron chi connectivity index (χ2n) is 9.13. The second-order valence-corrected chi connectivity index (χ2v) is 10.6. The Morgan fingerprint density at radius 3 is 2.53 bits per heavy atom. The Hall–Kier alpha value is -2.74. The van der Waals surface area contributed by atoms with Crippen LogP contribution in [-0.2, 0) is 0 Å². The van der Waals surface area contributed by atoms with Gasteiger partial charge in [-0.05, 0) is 68.6 Å². The van der Waals surface area contributed by atoms with Gasteiger partial charge in [0.2, 0.25) is 0 Å². The van der Waals surface area contributed by atoms with E-state index < -0.39 is 5.82 Å². The first-order valence-electron chi connectivity index (χ1n) is 11.4. The van der Waals surface area contributed by atoms with Crippen LogP contribution in [0.4, 0.5) is 4.39 Å². The third kappa shape index (κ3) is 3.82. The summed E-state index contributed by atoms with van der Waals surface area (Å²) in [4.78, 5) is 21.0. The van der Waals surface area contributed by atoms with E-state index in [-0.39, 0.29) is 17.4 Å². The Bertz CT molecular complexity index is 1420. The molecule has 2 aromatic carbocycles. The summed E-state index contributed by atoms with van der Waals surface area (Å²) < 4.78 is 23.0. The molecule has 2 fully saturated rings. The first kappa shape index (κ1) is 21.8. The number of ether oxygens (including phenoxy) is 1. The molecule has 0 saturated carbocycles. The van der Waals surface area contributed by atoms with Crippen LogP contribution in [0.25, 0.3) is 26.3 Å². The minimum atomic E-state index is -0.469. The molecule has 0 radical (unpaired) electrons. The SMILES string of the molecule is CN1[C@@H]2CC[C@H]1CC(Oc1ccc(-n3cnc4cc(-c5ccc(Cl)cc5)sc4c3=O)cc1F)C2. The van der Waals surface area contributed by atoms with Crippen LogP contribution in [0.3, 0.4) is 0 Å². The molecule has 2 saturated heterocycles. The summed E-state index contributed by atoms with van der Waals surface area (Å²) in [5.41, 5.74) is 1.78. The highest BCUT2D eigenvalue weighted by atomic mass is 35.5. The van der Waals surface area contributed by atoms with Crippen molar-refractivity contribution in [2.75, 3.05) is 7.05 Å². The molecule has 2 aliphatic heterocycles. The molecule has 3 atom stereocenters. The van der Waals surface area contributed by atoms with Gasteiger partial charge in [0.05, 0.1) is 11.2 Å². The van der Waals surface area contributed by atoms with E-state index in [4.69, 9.17) is 16.3 Å². The van der Waals surface area contributed by atoms with Crippen molar-refractivity contribution in [3.63, 3.8) is 0 Å². The van der Waals surface area contributed by atoms with Gasteiger partial charge in [-0.25, -0.2) is 9.37 Å². The van der Waals surface area contributed by atoms with E-state index in [9.17, 15) is 4.79 Å². The molecule has 4 heterocycles. The zero-order valence-corrected chi connectivity index (χ0v) is 20.2. The normalized spacial score (nSPS) is 22.4. The van der Waals surface area contributed by atoms with Gasteiger partial charge in [0.15, 0.2) is 11.6 Å². The van der Waals surface area contributed by atoms with E-state index in [2.05, 4.69) is 16.9 Å². The van der Waals surface area contributed by atoms with Gasteiger partial charge in [-0.15, -0.1) is 11.3 Å². The van der Waals surface area contributed by atoms with Crippen LogP contribution in [0.1, 0.15) is 25.7 Å². The lowest BCUT2D eigenvalue weighted by atomic mass is 10.0. The van der Waals surface area contributed by atoms with E-state index in [1.165, 1.54) is 41.1 Å². The van der Waals surface area contributed by atoms with E-state index in [0.29, 0.717) is 33.0 Å². The number of benzene rings is 2. The number of halogens is 2. The number of hydrogen-bond acceptors (Lipinski definition) is 5. The van der Waals surface area contributed by atoms with Crippen LogP contribution in [0.5, 0.6) is 5.75 Å². The molecule has 1 unspecified atom stereocenters. The van der Waals surface area contributed by atoms with E-state index in [0.717, 1.165) is 23.3 Å². The van der Waals surface area contributed by atoms with Crippen molar-refractivity contribution in [1.82, 2.24) is 14.5 Å². The molecule has 0 amide bonds. The number of aromatic nitrogens is 2. The molecule has 0 aliphatic carbocycles. The average Bonchev–Trinajstić information content (AvgIpc) is 3.33. The van der Waals surface area contributed by atoms with Crippen molar-refractivity contribution in [3.8, 4) is 21.9 Å². The largest absolute Gasteiger partial charge is 0.487 e. The van der Waals surface area contributed by atoms with Crippen molar-refractivity contribution < 1.29 is 9.13 Å². The maximum absolute atomic E-state index is 15.0. The zero-order valence-electron chi connectivity index (χ0n) is 18.6. The number of piperidine rings is 1. The number of rotatable bonds is 4. The molecule has 0 spiro atoms. The minimum Gasteiger partial charge on any atom is -0.487 e. The molecule has 4 aromatic rings. The summed E-state index contributed by atoms with van der Waals surface area (Å²) in [7, 11) is 2.17. The van der Waals surface area contributed by atoms with Gasteiger partial charge in [-0.1, -0.05) is 23.7 Å². The third-order valence-electron chi connectivity index (χ3n) is 7.11. The summed E-state index contributed by atoms with van der Waals surface area (Å²) in [5.74, 6) is -0.232. The standard InChI is InChI=1S/C26H23ClFN3O2S/c1-30-17-6-7-18(30)11-20(10-17)33-23-9-8-19(12-21(23)28)31-14-29-22-13-24(34-25(22)26(31)32)15-2-4-16(27)5-3-15/h2-5,8-9,12-14,17-18,20H,6-7,10-11H2,1H3/t17-,18+,20?. The van der Waals surface area contributed by atoms with Crippen LogP contribution in [0.15, 0.2) is 59.7 Å². The molecular formula is C26H23ClFN3O2S. The van der Waals surface area contributed by atoms with Crippen molar-refractivity contribution in [1.29, 1.82) is 0 Å². The highest BCUT2D eigenvalue weighted by Crippen LogP contribution is 2.36. The number of hydrogen-bond donors (Lipinski definition) is 0. The Morgan fingerprint density at radius 1 is 1.09 bits per heavy atom. The highest BCUT2D eigenvalue weighted by molar-refractivity contribution is 7.22. The Morgan fingerprint density at radius 2 is 1.82 bits per heavy atom. The monoisotopic (exact) mass is 495 g/mol. The van der Waals surface area contributed by atoms with Gasteiger partial charge >= 0.3 is 0 Å². The van der Waals surface area contributed by atoms with Gasteiger partial charge in [0, 0.05) is 28.0 Å². The lowest BCUT2D eigenvalue weighted by Gasteiger charge is -2.36. The van der Waals surface area contributed by atoms with Gasteiger partial charge < -0.3 is 9.64 Å². The molecule has 2 aliphatic rings. The van der Waals surface area contributed by atoms with Crippen molar-refractivity contribution in [2.45, 2.75) is 43.9 Å². The third-order valence-corrected chi connectivity index (χ3v) is 8.52. The molecular weight excluding hydrogens is 473 g/mol. The molecule has 5 nitrogen and oxygen atoms in total. The smallest absolute Gasteiger partial charge is 0.275 e. The maximum Gasteiger partial charge on any atom is 0.275 e. The summed E-state index contributed by atoms with van der Waals surface area (Å²) in [5, 5.41) is 0.656. The molecule has 174 valence electrons. The highest BCUT2D eigenvalue weighted by Gasteiger charge is 2.39. The molecule has 0 N–H and O–H groups in total. The fourth-order valence-corrected chi connectivity index (χ4v) is 6.40. The van der Waals surface area contributed by atoms with Crippen LogP contribution in [0.2, 0.25) is 5.02 Å². The quantitative estimate of drug-likeness (QED) is 0.353. The lowest BCUT2D eigenvalue weighted by molar-refractivity contribution is 0.0636. The van der Waals surface area contributed by atoms with E-state index in [1.54, 1.807) is 12.1 Å². The lowest BCUT2D eigenvalue weighted by Crippen LogP contribution is -2.43. The topological polar surface area (TPSA) is 47.4 Å². The Balaban J connectivity index is 1.27. The Kier molecular flexibility index (Phi) is 5.43. The zero-order chi connectivity index (χ0) is 23.4. The van der Waals surface area contributed by atoms with Gasteiger partial charge in [-0.3, -0.25) is 9.36 Å². The molecule has 8 heteroatoms. The number of nitrogens with zero attached hydrogens (tertiary/aromatic N) is 3. The molecule has 34 heavy (non-hydrogen) atoms. The fourth-order valence-electron chi connectivity index (χ4n) is 5.23. The van der Waals surface area contributed by atoms with Crippen LogP contribution in [0, 0.1) is 5.82 Å². The first-order chi connectivity index (χ1) is 16.5. The van der Waals surface area contributed by atoms with Crippen molar-refractivity contribution in [3.05, 3.63) is 76.1 Å². The van der Waals surface area contributed by atoms with Crippen molar-refractivity contribution in [2.24, 2.45) is 0 Å². The average molecular weight is 496 g/mol. The predicted molar refractivity (Wildman–Crippen MR) is 134 cm³/mol. The summed E-state index contributed by atoms with van der Waals surface area (Å²) in [6.45, 7) is 0. The van der Waals surface area contributed by atoms with E-state index >= 15 is 4.39 Å². The van der Waals surface area contributed by atoms with Crippen molar-refractivity contribution >= 4 is 33.2 Å². The van der Waals surface area contributed by atoms with Crippen LogP contribution < -0.4 is 10.3 Å². The predicted octanol–water partition coefficient (Wildman–Crippen LogP) is 5.91. The molecule has 6 rings (SSSR count). The maximum atomic E-state index is 15.0. The van der Waals surface area contributed by atoms with Crippen LogP contribution >= 0.6 is 22.9 Å². The first-order valence-corrected chi connectivity index (χ1v) is 12.6. The van der Waals surface area contributed by atoms with E-state index in [1.807, 2.05) is 30.3 Å². The number of fused-ring (bicyclic) bond motifs is 3. The van der Waals surface area contributed by atoms with Gasteiger partial charge in [-0.2, -0.15) is 0 Å². The minimum absolute atomic E-state index is 0.0206. The molecule has 2 aromatic heterocycles. The van der Waals surface area contributed by atoms with Crippen LogP contribution in [-0.4, -0.2) is 39.7 Å². The second kappa shape index (κ2) is 8.48. The van der Waals surface area contributed by atoms with Gasteiger partial charge in [0.1, 0.15) is 17.1 Å². The number of thiophene rings is 1. The Labute approximate surface area is 205 Å². The fraction of sp³-hybridized carbons (Fsp3) is 0.308. The summed E-state index contributed by atoms with van der Waals surface area (Å²) in [6.07, 6.45) is 5.68.